The highest BCUT2D eigenvalue weighted by Gasteiger charge is 2.23. The molecular formula is C21H26N2O5S. The van der Waals surface area contributed by atoms with Crippen LogP contribution in [-0.2, 0) is 30.9 Å². The van der Waals surface area contributed by atoms with Crippen LogP contribution in [0.2, 0.25) is 0 Å². The number of hydrogen-bond donors (Lipinski definition) is 1. The number of carbonyl (C=O) groups is 2. The van der Waals surface area contributed by atoms with Gasteiger partial charge in [0.25, 0.3) is 5.91 Å². The molecule has 0 spiro atoms. The van der Waals surface area contributed by atoms with Gasteiger partial charge >= 0.3 is 5.97 Å². The summed E-state index contributed by atoms with van der Waals surface area (Å²) in [6.07, 6.45) is -1.03. The third-order valence-electron chi connectivity index (χ3n) is 4.49. The summed E-state index contributed by atoms with van der Waals surface area (Å²) >= 11 is 0. The number of nitrogens with zero attached hydrogens (tertiary/aromatic N) is 1. The minimum atomic E-state index is -3.85. The van der Waals surface area contributed by atoms with E-state index in [0.29, 0.717) is 6.54 Å². The van der Waals surface area contributed by atoms with Gasteiger partial charge in [0.2, 0.25) is 10.0 Å². The lowest BCUT2D eigenvalue weighted by Gasteiger charge is -2.21. The Morgan fingerprint density at radius 1 is 1.07 bits per heavy atom. The third-order valence-corrected chi connectivity index (χ3v) is 5.89. The van der Waals surface area contributed by atoms with Gasteiger partial charge in [-0.2, -0.15) is 4.72 Å². The summed E-state index contributed by atoms with van der Waals surface area (Å²) in [6.45, 7) is 4.96. The molecule has 0 fully saturated rings. The summed E-state index contributed by atoms with van der Waals surface area (Å²) in [5.74, 6) is -1.20. The molecule has 0 radical (unpaired) electrons. The molecule has 2 rings (SSSR count). The maximum atomic E-state index is 12.4. The summed E-state index contributed by atoms with van der Waals surface area (Å²) in [5.41, 5.74) is 2.74. The molecule has 0 aliphatic rings. The maximum absolute atomic E-state index is 12.4. The van der Waals surface area contributed by atoms with Crippen molar-refractivity contribution < 1.29 is 22.7 Å². The highest BCUT2D eigenvalue weighted by Crippen LogP contribution is 2.14. The van der Waals surface area contributed by atoms with E-state index in [9.17, 15) is 18.0 Å². The smallest absolute Gasteiger partial charge is 0.321 e. The first kappa shape index (κ1) is 22.6. The number of rotatable bonds is 8. The van der Waals surface area contributed by atoms with Crippen LogP contribution in [0.1, 0.15) is 23.6 Å². The van der Waals surface area contributed by atoms with Gasteiger partial charge in [0.05, 0.1) is 4.90 Å². The first-order chi connectivity index (χ1) is 13.6. The van der Waals surface area contributed by atoms with E-state index in [1.165, 1.54) is 24.0 Å². The Hall–Kier alpha value is -2.71. The predicted molar refractivity (Wildman–Crippen MR) is 110 cm³/mol. The number of nitrogens with one attached hydrogen (secondary N) is 1. The van der Waals surface area contributed by atoms with E-state index in [-0.39, 0.29) is 10.8 Å². The number of hydrogen-bond acceptors (Lipinski definition) is 5. The Labute approximate surface area is 171 Å². The van der Waals surface area contributed by atoms with Gasteiger partial charge in [0.1, 0.15) is 6.54 Å². The van der Waals surface area contributed by atoms with Crippen LogP contribution in [0.25, 0.3) is 0 Å². The molecule has 0 aromatic heterocycles. The number of likely N-dealkylation sites (N-methyl/N-ethyl adjacent to an activating group) is 1. The van der Waals surface area contributed by atoms with Gasteiger partial charge < -0.3 is 9.64 Å². The van der Waals surface area contributed by atoms with Crippen molar-refractivity contribution in [1.29, 1.82) is 0 Å². The SMILES string of the molecule is Cc1ccc(S(=O)(=O)NCC(=O)O[C@@H](C)C(=O)N(C)Cc2ccccc2)cc1C. The molecule has 0 aliphatic heterocycles. The number of sulfonamides is 1. The summed E-state index contributed by atoms with van der Waals surface area (Å²) in [6, 6.07) is 14.1. The highest BCUT2D eigenvalue weighted by atomic mass is 32.2. The van der Waals surface area contributed by atoms with Crippen LogP contribution in [0, 0.1) is 13.8 Å². The number of ether oxygens (including phenoxy) is 1. The number of carbonyl (C=O) groups excluding carboxylic acids is 2. The van der Waals surface area contributed by atoms with Crippen LogP contribution in [0.4, 0.5) is 0 Å². The summed E-state index contributed by atoms with van der Waals surface area (Å²) in [5, 5.41) is 0. The van der Waals surface area contributed by atoms with Crippen LogP contribution < -0.4 is 4.72 Å². The van der Waals surface area contributed by atoms with Crippen molar-refractivity contribution in [2.45, 2.75) is 38.3 Å². The van der Waals surface area contributed by atoms with E-state index in [4.69, 9.17) is 4.74 Å². The minimum Gasteiger partial charge on any atom is -0.452 e. The van der Waals surface area contributed by atoms with Crippen LogP contribution in [-0.4, -0.2) is 44.9 Å². The van der Waals surface area contributed by atoms with Crippen molar-refractivity contribution in [3.8, 4) is 0 Å². The molecule has 1 atom stereocenters. The second kappa shape index (κ2) is 9.67. The van der Waals surface area contributed by atoms with Crippen molar-refractivity contribution in [2.24, 2.45) is 0 Å². The van der Waals surface area contributed by atoms with Crippen molar-refractivity contribution in [3.63, 3.8) is 0 Å². The first-order valence-electron chi connectivity index (χ1n) is 9.15. The molecule has 7 nitrogen and oxygen atoms in total. The predicted octanol–water partition coefficient (Wildman–Crippen LogP) is 2.17. The molecule has 0 bridgehead atoms. The molecule has 29 heavy (non-hydrogen) atoms. The van der Waals surface area contributed by atoms with Crippen molar-refractivity contribution in [1.82, 2.24) is 9.62 Å². The minimum absolute atomic E-state index is 0.0696. The largest absolute Gasteiger partial charge is 0.452 e. The quantitative estimate of drug-likeness (QED) is 0.664. The lowest BCUT2D eigenvalue weighted by atomic mass is 10.1. The second-order valence-electron chi connectivity index (χ2n) is 6.88. The average molecular weight is 419 g/mol. The molecule has 0 saturated heterocycles. The van der Waals surface area contributed by atoms with Crippen molar-refractivity contribution in [2.75, 3.05) is 13.6 Å². The molecule has 0 unspecified atom stereocenters. The molecule has 1 amide bonds. The fraction of sp³-hybridized carbons (Fsp3) is 0.333. The van der Waals surface area contributed by atoms with Gasteiger partial charge in [-0.1, -0.05) is 36.4 Å². The van der Waals surface area contributed by atoms with Gasteiger partial charge in [-0.05, 0) is 49.6 Å². The Balaban J connectivity index is 1.89. The van der Waals surface area contributed by atoms with E-state index in [0.717, 1.165) is 16.7 Å². The molecule has 0 aliphatic carbocycles. The zero-order valence-electron chi connectivity index (χ0n) is 17.0. The lowest BCUT2D eigenvalue weighted by Crippen LogP contribution is -2.39. The Morgan fingerprint density at radius 3 is 2.34 bits per heavy atom. The van der Waals surface area contributed by atoms with Crippen LogP contribution in [0.5, 0.6) is 0 Å². The Morgan fingerprint density at radius 2 is 1.72 bits per heavy atom. The zero-order valence-corrected chi connectivity index (χ0v) is 17.8. The first-order valence-corrected chi connectivity index (χ1v) is 10.6. The second-order valence-corrected chi connectivity index (χ2v) is 8.65. The van der Waals surface area contributed by atoms with Gasteiger partial charge in [-0.25, -0.2) is 8.42 Å². The van der Waals surface area contributed by atoms with E-state index >= 15 is 0 Å². The number of amides is 1. The summed E-state index contributed by atoms with van der Waals surface area (Å²) < 4.78 is 32.0. The molecule has 2 aromatic carbocycles. The van der Waals surface area contributed by atoms with Crippen LogP contribution in [0.3, 0.4) is 0 Å². The number of esters is 1. The molecule has 1 N–H and O–H groups in total. The fourth-order valence-corrected chi connectivity index (χ4v) is 3.71. The summed E-state index contributed by atoms with van der Waals surface area (Å²) in [7, 11) is -2.24. The fourth-order valence-electron chi connectivity index (χ4n) is 2.65. The number of benzene rings is 2. The molecule has 0 heterocycles. The molecule has 156 valence electrons. The number of aryl methyl sites for hydroxylation is 2. The highest BCUT2D eigenvalue weighted by molar-refractivity contribution is 7.89. The van der Waals surface area contributed by atoms with E-state index in [2.05, 4.69) is 4.72 Å². The summed E-state index contributed by atoms with van der Waals surface area (Å²) in [4.78, 5) is 25.9. The van der Waals surface area contributed by atoms with Crippen molar-refractivity contribution in [3.05, 3.63) is 65.2 Å². The Kier molecular flexibility index (Phi) is 7.53. The zero-order chi connectivity index (χ0) is 21.6. The molecule has 2 aromatic rings. The van der Waals surface area contributed by atoms with Gasteiger partial charge in [-0.3, -0.25) is 9.59 Å². The van der Waals surface area contributed by atoms with Gasteiger partial charge in [-0.15, -0.1) is 0 Å². The Bertz CT molecular complexity index is 974. The normalized spacial score (nSPS) is 12.3. The molecule has 8 heteroatoms. The van der Waals surface area contributed by atoms with Crippen molar-refractivity contribution >= 4 is 21.9 Å². The lowest BCUT2D eigenvalue weighted by molar-refractivity contribution is -0.157. The van der Waals surface area contributed by atoms with Gasteiger partial charge in [0, 0.05) is 13.6 Å². The third kappa shape index (κ3) is 6.40. The van der Waals surface area contributed by atoms with E-state index < -0.39 is 28.6 Å². The average Bonchev–Trinajstić information content (AvgIpc) is 2.68. The van der Waals surface area contributed by atoms with E-state index in [1.54, 1.807) is 13.1 Å². The van der Waals surface area contributed by atoms with Gasteiger partial charge in [0.15, 0.2) is 6.10 Å². The monoisotopic (exact) mass is 418 g/mol. The standard InChI is InChI=1S/C21H26N2O5S/c1-15-10-11-19(12-16(15)2)29(26,27)22-13-20(24)28-17(3)21(25)23(4)14-18-8-6-5-7-9-18/h5-12,17,22H,13-14H2,1-4H3/t17-/m0/s1. The maximum Gasteiger partial charge on any atom is 0.321 e. The van der Waals surface area contributed by atoms with Crippen LogP contribution in [0.15, 0.2) is 53.4 Å². The van der Waals surface area contributed by atoms with E-state index in [1.807, 2.05) is 44.2 Å². The molecular weight excluding hydrogens is 392 g/mol. The topological polar surface area (TPSA) is 92.8 Å². The molecule has 0 saturated carbocycles. The van der Waals surface area contributed by atoms with Crippen LogP contribution >= 0.6 is 0 Å².